The summed E-state index contributed by atoms with van der Waals surface area (Å²) in [5.41, 5.74) is 8.31. The number of rotatable bonds is 12. The number of pyridine rings is 2. The van der Waals surface area contributed by atoms with Crippen molar-refractivity contribution in [1.29, 1.82) is 0 Å². The highest BCUT2D eigenvalue weighted by atomic mass is 19.3. The molecule has 4 rings (SSSR count). The molecule has 0 atom stereocenters. The SMILES string of the molecule is Cc1cc(-c2c(OCc3cccc(CN(CC(=O)N(C)C)CC(=O)N(C)C)n3)nc(N)nc2-c2ccc(F)cc2)cc(C(F)F)n1. The van der Waals surface area contributed by atoms with E-state index in [0.717, 1.165) is 0 Å². The summed E-state index contributed by atoms with van der Waals surface area (Å²) in [6.45, 7) is 1.72. The number of hydrogen-bond donors (Lipinski definition) is 1. The number of halogens is 3. The first-order valence-electron chi connectivity index (χ1n) is 14.2. The maximum Gasteiger partial charge on any atom is 0.280 e. The van der Waals surface area contributed by atoms with Gasteiger partial charge in [0.1, 0.15) is 18.1 Å². The number of alkyl halides is 2. The highest BCUT2D eigenvalue weighted by Crippen LogP contribution is 2.39. The van der Waals surface area contributed by atoms with Crippen molar-refractivity contribution in [3.8, 4) is 28.3 Å². The van der Waals surface area contributed by atoms with E-state index in [9.17, 15) is 22.8 Å². The number of hydrogen-bond acceptors (Lipinski definition) is 9. The van der Waals surface area contributed by atoms with Crippen LogP contribution in [0.1, 0.15) is 29.2 Å². The Hall–Kier alpha value is -5.11. The second-order valence-electron chi connectivity index (χ2n) is 11.0. The van der Waals surface area contributed by atoms with Gasteiger partial charge in [-0.15, -0.1) is 0 Å². The molecule has 0 saturated heterocycles. The molecule has 2 N–H and O–H groups in total. The normalized spacial score (nSPS) is 11.2. The molecule has 0 spiro atoms. The van der Waals surface area contributed by atoms with Gasteiger partial charge in [-0.3, -0.25) is 24.5 Å². The number of ether oxygens (including phenoxy) is 1. The summed E-state index contributed by atoms with van der Waals surface area (Å²) in [4.78, 5) is 46.7. The van der Waals surface area contributed by atoms with E-state index in [1.54, 1.807) is 64.3 Å². The van der Waals surface area contributed by atoms with Gasteiger partial charge in [-0.1, -0.05) is 6.07 Å². The van der Waals surface area contributed by atoms with E-state index in [1.807, 2.05) is 0 Å². The maximum absolute atomic E-state index is 13.8. The quantitative estimate of drug-likeness (QED) is 0.244. The van der Waals surface area contributed by atoms with E-state index in [1.165, 1.54) is 40.1 Å². The molecule has 0 saturated carbocycles. The molecule has 0 aliphatic heterocycles. The Bertz CT molecular complexity index is 1680. The van der Waals surface area contributed by atoms with Gasteiger partial charge in [0.15, 0.2) is 0 Å². The molecule has 14 heteroatoms. The fourth-order valence-electron chi connectivity index (χ4n) is 4.49. The van der Waals surface area contributed by atoms with Gasteiger partial charge in [-0.2, -0.15) is 4.98 Å². The number of aromatic nitrogens is 4. The zero-order chi connectivity index (χ0) is 33.5. The zero-order valence-corrected chi connectivity index (χ0v) is 26.2. The second-order valence-corrected chi connectivity index (χ2v) is 11.0. The molecule has 0 aliphatic rings. The molecule has 0 aliphatic carbocycles. The number of aryl methyl sites for hydroxylation is 1. The zero-order valence-electron chi connectivity index (χ0n) is 26.2. The molecule has 0 radical (unpaired) electrons. The largest absolute Gasteiger partial charge is 0.471 e. The first kappa shape index (κ1) is 33.8. The number of benzene rings is 1. The van der Waals surface area contributed by atoms with Gasteiger partial charge in [-0.05, 0) is 61.0 Å². The van der Waals surface area contributed by atoms with Crippen molar-refractivity contribution in [2.24, 2.45) is 0 Å². The number of nitrogens with two attached hydrogens (primary N) is 1. The van der Waals surface area contributed by atoms with Crippen molar-refractivity contribution in [3.63, 3.8) is 0 Å². The van der Waals surface area contributed by atoms with Gasteiger partial charge in [0.2, 0.25) is 23.6 Å². The summed E-state index contributed by atoms with van der Waals surface area (Å²) in [5.74, 6) is -0.951. The first-order valence-corrected chi connectivity index (χ1v) is 14.2. The molecule has 3 aromatic heterocycles. The van der Waals surface area contributed by atoms with E-state index in [-0.39, 0.29) is 61.1 Å². The molecule has 0 unspecified atom stereocenters. The number of carbonyl (C=O) groups is 2. The standard InChI is InChI=1S/C32H35F3N8O3/c1-19-13-21(14-25(37-19)30(34)35)28-29(20-9-11-22(33)12-10-20)39-32(36)40-31(28)46-18-24-8-6-7-23(38-24)15-43(16-26(44)41(2)3)17-27(45)42(4)5/h6-14,30H,15-18H2,1-5H3,(H2,36,39,40). The summed E-state index contributed by atoms with van der Waals surface area (Å²) in [5, 5.41) is 0. The number of nitrogens with zero attached hydrogens (tertiary/aromatic N) is 7. The summed E-state index contributed by atoms with van der Waals surface area (Å²) in [7, 11) is 6.56. The van der Waals surface area contributed by atoms with Gasteiger partial charge in [0, 0.05) is 46.0 Å². The van der Waals surface area contributed by atoms with Crippen LogP contribution in [0.3, 0.4) is 0 Å². The number of amides is 2. The highest BCUT2D eigenvalue weighted by Gasteiger charge is 2.22. The van der Waals surface area contributed by atoms with Gasteiger partial charge in [0.05, 0.1) is 35.7 Å². The molecular formula is C32H35F3N8O3. The van der Waals surface area contributed by atoms with Gasteiger partial charge in [-0.25, -0.2) is 18.2 Å². The minimum Gasteiger partial charge on any atom is -0.471 e. The van der Waals surface area contributed by atoms with E-state index in [0.29, 0.717) is 28.2 Å². The van der Waals surface area contributed by atoms with Crippen LogP contribution < -0.4 is 10.5 Å². The van der Waals surface area contributed by atoms with Crippen LogP contribution in [0.5, 0.6) is 5.88 Å². The number of carbonyl (C=O) groups excluding carboxylic acids is 2. The topological polar surface area (TPSA) is 131 Å². The smallest absolute Gasteiger partial charge is 0.280 e. The monoisotopic (exact) mass is 636 g/mol. The Morgan fingerprint density at radius 1 is 0.848 bits per heavy atom. The van der Waals surface area contributed by atoms with Crippen LogP contribution in [0, 0.1) is 12.7 Å². The van der Waals surface area contributed by atoms with Crippen LogP contribution in [-0.4, -0.2) is 87.7 Å². The van der Waals surface area contributed by atoms with Crippen molar-refractivity contribution in [2.75, 3.05) is 47.0 Å². The van der Waals surface area contributed by atoms with Crippen LogP contribution in [-0.2, 0) is 22.7 Å². The first-order chi connectivity index (χ1) is 21.8. The lowest BCUT2D eigenvalue weighted by atomic mass is 9.99. The molecular weight excluding hydrogens is 601 g/mol. The predicted octanol–water partition coefficient (Wildman–Crippen LogP) is 4.13. The minimum atomic E-state index is -2.83. The third-order valence-electron chi connectivity index (χ3n) is 6.82. The fraction of sp³-hybridized carbons (Fsp3) is 0.312. The van der Waals surface area contributed by atoms with Crippen molar-refractivity contribution >= 4 is 17.8 Å². The molecule has 11 nitrogen and oxygen atoms in total. The van der Waals surface area contributed by atoms with Crippen LogP contribution >= 0.6 is 0 Å². The maximum atomic E-state index is 13.8. The van der Waals surface area contributed by atoms with Crippen LogP contribution in [0.15, 0.2) is 54.6 Å². The lowest BCUT2D eigenvalue weighted by Gasteiger charge is -2.24. The number of likely N-dealkylation sites (N-methyl/N-ethyl adjacent to an activating group) is 2. The van der Waals surface area contributed by atoms with Gasteiger partial charge in [0.25, 0.3) is 6.43 Å². The highest BCUT2D eigenvalue weighted by molar-refractivity contribution is 5.85. The molecule has 242 valence electrons. The fourth-order valence-corrected chi connectivity index (χ4v) is 4.49. The van der Waals surface area contributed by atoms with E-state index in [2.05, 4.69) is 19.9 Å². The average molecular weight is 637 g/mol. The molecule has 0 bridgehead atoms. The molecule has 2 amide bonds. The lowest BCUT2D eigenvalue weighted by molar-refractivity contribution is -0.133. The molecule has 4 aromatic rings. The molecule has 46 heavy (non-hydrogen) atoms. The second kappa shape index (κ2) is 14.8. The Morgan fingerprint density at radius 2 is 1.48 bits per heavy atom. The van der Waals surface area contributed by atoms with Crippen LogP contribution in [0.25, 0.3) is 22.4 Å². The average Bonchev–Trinajstić information content (AvgIpc) is 2.99. The van der Waals surface area contributed by atoms with Gasteiger partial charge < -0.3 is 20.3 Å². The summed E-state index contributed by atoms with van der Waals surface area (Å²) in [6.07, 6.45) is -2.83. The molecule has 3 heterocycles. The Labute approximate surface area is 264 Å². The van der Waals surface area contributed by atoms with Crippen molar-refractivity contribution in [1.82, 2.24) is 34.6 Å². The summed E-state index contributed by atoms with van der Waals surface area (Å²) in [6, 6.07) is 13.6. The van der Waals surface area contributed by atoms with E-state index < -0.39 is 17.9 Å². The molecule has 0 fully saturated rings. The van der Waals surface area contributed by atoms with Crippen molar-refractivity contribution in [2.45, 2.75) is 26.5 Å². The molecule has 1 aromatic carbocycles. The van der Waals surface area contributed by atoms with Crippen molar-refractivity contribution < 1.29 is 27.5 Å². The third-order valence-corrected chi connectivity index (χ3v) is 6.82. The number of anilines is 1. The minimum absolute atomic E-state index is 0.000342. The van der Waals surface area contributed by atoms with Crippen LogP contribution in [0.2, 0.25) is 0 Å². The third kappa shape index (κ3) is 8.75. The number of nitrogen functional groups attached to an aromatic ring is 1. The Balaban J connectivity index is 1.69. The Morgan fingerprint density at radius 3 is 2.09 bits per heavy atom. The van der Waals surface area contributed by atoms with Crippen LogP contribution in [0.4, 0.5) is 19.1 Å². The van der Waals surface area contributed by atoms with E-state index >= 15 is 0 Å². The Kier molecular flexibility index (Phi) is 10.9. The van der Waals surface area contributed by atoms with Gasteiger partial charge >= 0.3 is 0 Å². The summed E-state index contributed by atoms with van der Waals surface area (Å²) < 4.78 is 47.4. The summed E-state index contributed by atoms with van der Waals surface area (Å²) >= 11 is 0. The lowest BCUT2D eigenvalue weighted by Crippen LogP contribution is -2.42. The van der Waals surface area contributed by atoms with Crippen molar-refractivity contribution in [3.05, 3.63) is 83.2 Å². The predicted molar refractivity (Wildman–Crippen MR) is 166 cm³/mol. The van der Waals surface area contributed by atoms with E-state index in [4.69, 9.17) is 10.5 Å².